The van der Waals surface area contributed by atoms with Crippen LogP contribution in [0.15, 0.2) is 60.7 Å². The number of unbranched alkanes of at least 4 members (excludes halogenated alkanes) is 2. The molecule has 2 fully saturated rings. The Morgan fingerprint density at radius 3 is 2.11 bits per heavy atom. The lowest BCUT2D eigenvalue weighted by atomic mass is 9.87. The molecular weight excluding hydrogens is 460 g/mol. The largest absolute Gasteiger partial charge is 0.342 e. The Bertz CT molecular complexity index is 965. The third-order valence-corrected chi connectivity index (χ3v) is 8.23. The van der Waals surface area contributed by atoms with Gasteiger partial charge in [-0.3, -0.25) is 20.6 Å². The molecule has 2 unspecified atom stereocenters. The van der Waals surface area contributed by atoms with Crippen LogP contribution in [0, 0.1) is 5.92 Å². The first-order valence-corrected chi connectivity index (χ1v) is 14.2. The number of nitrogens with zero attached hydrogens (tertiary/aromatic N) is 2. The Labute approximate surface area is 222 Å². The lowest BCUT2D eigenvalue weighted by Crippen LogP contribution is -2.49. The molecule has 2 aromatic rings. The van der Waals surface area contributed by atoms with Crippen molar-refractivity contribution in [3.05, 3.63) is 71.8 Å². The molecule has 3 N–H and O–H groups in total. The molecule has 0 spiro atoms. The van der Waals surface area contributed by atoms with Gasteiger partial charge in [0, 0.05) is 19.6 Å². The van der Waals surface area contributed by atoms with Crippen LogP contribution in [0.1, 0.15) is 82.3 Å². The Morgan fingerprint density at radius 2 is 1.57 bits per heavy atom. The summed E-state index contributed by atoms with van der Waals surface area (Å²) in [5.74, 6) is 0.406. The van der Waals surface area contributed by atoms with E-state index in [0.717, 1.165) is 75.6 Å². The number of hydrogen-bond acceptors (Lipinski definition) is 4. The first-order chi connectivity index (χ1) is 18.0. The van der Waals surface area contributed by atoms with Gasteiger partial charge in [-0.2, -0.15) is 0 Å². The average molecular weight is 505 g/mol. The standard InChI is InChI=1S/C31H44N4O2/c1-3-5-19-31(20-6-4-2)29(37)35(30(32)33-31)22-18-24-17-21-34(23-24)28(36)27(25-13-9-7-10-14-25)26-15-11-8-12-16-26/h7-16,24,27,30,33H,3-6,17-23,32H2,1-2H3. The molecule has 2 heterocycles. The molecule has 0 bridgehead atoms. The molecule has 4 rings (SSSR count). The lowest BCUT2D eigenvalue weighted by Gasteiger charge is -2.27. The number of carbonyl (C=O) groups is 2. The third kappa shape index (κ3) is 6.24. The Morgan fingerprint density at radius 1 is 1.00 bits per heavy atom. The number of carbonyl (C=O) groups excluding carboxylic acids is 2. The van der Waals surface area contributed by atoms with Gasteiger partial charge in [-0.1, -0.05) is 100 Å². The number of likely N-dealkylation sites (tertiary alicyclic amines) is 1. The molecule has 2 atom stereocenters. The number of rotatable bonds is 12. The van der Waals surface area contributed by atoms with Gasteiger partial charge < -0.3 is 9.80 Å². The van der Waals surface area contributed by atoms with Crippen molar-refractivity contribution in [2.75, 3.05) is 19.6 Å². The van der Waals surface area contributed by atoms with Crippen LogP contribution in [0.3, 0.4) is 0 Å². The normalized spacial score (nSPS) is 21.2. The van der Waals surface area contributed by atoms with Crippen molar-refractivity contribution < 1.29 is 9.59 Å². The molecule has 2 aliphatic rings. The fourth-order valence-electron chi connectivity index (χ4n) is 6.05. The van der Waals surface area contributed by atoms with E-state index in [0.29, 0.717) is 12.5 Å². The SMILES string of the molecule is CCCCC1(CCCC)NC(N)N(CCC2CCN(C(=O)C(c3ccccc3)c3ccccc3)C2)C1=O. The van der Waals surface area contributed by atoms with Gasteiger partial charge in [0.15, 0.2) is 0 Å². The predicted octanol–water partition coefficient (Wildman–Crippen LogP) is 4.85. The smallest absolute Gasteiger partial charge is 0.245 e. The molecule has 0 aliphatic carbocycles. The van der Waals surface area contributed by atoms with E-state index in [-0.39, 0.29) is 17.7 Å². The van der Waals surface area contributed by atoms with Gasteiger partial charge in [-0.25, -0.2) is 0 Å². The van der Waals surface area contributed by atoms with Crippen molar-refractivity contribution in [3.63, 3.8) is 0 Å². The number of benzene rings is 2. The van der Waals surface area contributed by atoms with E-state index in [1.165, 1.54) is 0 Å². The fourth-order valence-corrected chi connectivity index (χ4v) is 6.05. The quantitative estimate of drug-likeness (QED) is 0.433. The second-order valence-corrected chi connectivity index (χ2v) is 10.9. The summed E-state index contributed by atoms with van der Waals surface area (Å²) >= 11 is 0. The van der Waals surface area contributed by atoms with E-state index in [4.69, 9.17) is 5.73 Å². The topological polar surface area (TPSA) is 78.7 Å². The molecule has 0 saturated carbocycles. The van der Waals surface area contributed by atoms with Crippen LogP contribution in [0.25, 0.3) is 0 Å². The molecule has 6 nitrogen and oxygen atoms in total. The van der Waals surface area contributed by atoms with Crippen LogP contribution in [0.5, 0.6) is 0 Å². The molecule has 0 aromatic heterocycles. The highest BCUT2D eigenvalue weighted by Crippen LogP contribution is 2.33. The van der Waals surface area contributed by atoms with Crippen LogP contribution in [0.4, 0.5) is 0 Å². The summed E-state index contributed by atoms with van der Waals surface area (Å²) in [5, 5.41) is 3.48. The third-order valence-electron chi connectivity index (χ3n) is 8.23. The van der Waals surface area contributed by atoms with Crippen LogP contribution in [-0.2, 0) is 9.59 Å². The lowest BCUT2D eigenvalue weighted by molar-refractivity contribution is -0.134. The van der Waals surface area contributed by atoms with Gasteiger partial charge in [0.1, 0.15) is 11.8 Å². The fraction of sp³-hybridized carbons (Fsp3) is 0.548. The molecule has 2 aromatic carbocycles. The van der Waals surface area contributed by atoms with E-state index in [1.807, 2.05) is 70.5 Å². The molecule has 6 heteroatoms. The summed E-state index contributed by atoms with van der Waals surface area (Å²) in [7, 11) is 0. The summed E-state index contributed by atoms with van der Waals surface area (Å²) in [6, 6.07) is 20.1. The minimum Gasteiger partial charge on any atom is -0.342 e. The van der Waals surface area contributed by atoms with Crippen molar-refractivity contribution >= 4 is 11.8 Å². The zero-order valence-electron chi connectivity index (χ0n) is 22.6. The summed E-state index contributed by atoms with van der Waals surface area (Å²) in [4.78, 5) is 31.2. The van der Waals surface area contributed by atoms with Crippen molar-refractivity contribution in [2.24, 2.45) is 11.7 Å². The molecule has 2 aliphatic heterocycles. The van der Waals surface area contributed by atoms with E-state index in [1.54, 1.807) is 0 Å². The van der Waals surface area contributed by atoms with Gasteiger partial charge in [0.05, 0.1) is 5.92 Å². The van der Waals surface area contributed by atoms with Gasteiger partial charge in [0.2, 0.25) is 11.8 Å². The maximum absolute atomic E-state index is 13.8. The number of nitrogens with one attached hydrogen (secondary N) is 1. The van der Waals surface area contributed by atoms with Crippen molar-refractivity contribution in [2.45, 2.75) is 83.0 Å². The van der Waals surface area contributed by atoms with Gasteiger partial charge in [-0.05, 0) is 42.7 Å². The van der Waals surface area contributed by atoms with Crippen molar-refractivity contribution in [1.29, 1.82) is 0 Å². The highest BCUT2D eigenvalue weighted by atomic mass is 16.2. The molecule has 37 heavy (non-hydrogen) atoms. The molecule has 0 radical (unpaired) electrons. The summed E-state index contributed by atoms with van der Waals surface area (Å²) in [6.07, 6.45) is 7.26. The van der Waals surface area contributed by atoms with Crippen molar-refractivity contribution in [1.82, 2.24) is 15.1 Å². The zero-order valence-corrected chi connectivity index (χ0v) is 22.6. The zero-order chi connectivity index (χ0) is 26.3. The van der Waals surface area contributed by atoms with E-state index in [2.05, 4.69) is 19.2 Å². The maximum atomic E-state index is 13.8. The molecular formula is C31H44N4O2. The summed E-state index contributed by atoms with van der Waals surface area (Å²) in [5.41, 5.74) is 7.99. The highest BCUT2D eigenvalue weighted by Gasteiger charge is 2.49. The Hall–Kier alpha value is -2.70. The predicted molar refractivity (Wildman–Crippen MR) is 149 cm³/mol. The van der Waals surface area contributed by atoms with Crippen LogP contribution >= 0.6 is 0 Å². The number of hydrogen-bond donors (Lipinski definition) is 2. The second kappa shape index (κ2) is 12.7. The average Bonchev–Trinajstić information content (AvgIpc) is 3.49. The summed E-state index contributed by atoms with van der Waals surface area (Å²) in [6.45, 7) is 6.46. The van der Waals surface area contributed by atoms with E-state index < -0.39 is 11.8 Å². The van der Waals surface area contributed by atoms with Gasteiger partial charge >= 0.3 is 0 Å². The summed E-state index contributed by atoms with van der Waals surface area (Å²) < 4.78 is 0. The highest BCUT2D eigenvalue weighted by molar-refractivity contribution is 5.89. The Balaban J connectivity index is 1.39. The maximum Gasteiger partial charge on any atom is 0.245 e. The van der Waals surface area contributed by atoms with Crippen molar-refractivity contribution in [3.8, 4) is 0 Å². The monoisotopic (exact) mass is 504 g/mol. The minimum absolute atomic E-state index is 0.161. The minimum atomic E-state index is -0.512. The van der Waals surface area contributed by atoms with E-state index in [9.17, 15) is 9.59 Å². The Kier molecular flexibility index (Phi) is 9.38. The van der Waals surface area contributed by atoms with Crippen LogP contribution in [-0.4, -0.2) is 53.1 Å². The number of nitrogens with two attached hydrogens (primary N) is 1. The first kappa shape index (κ1) is 27.3. The number of amides is 2. The van der Waals surface area contributed by atoms with Gasteiger partial charge in [0.25, 0.3) is 0 Å². The second-order valence-electron chi connectivity index (χ2n) is 10.9. The molecule has 2 saturated heterocycles. The van der Waals surface area contributed by atoms with Crippen LogP contribution in [0.2, 0.25) is 0 Å². The van der Waals surface area contributed by atoms with E-state index >= 15 is 0 Å². The molecule has 2 amide bonds. The van der Waals surface area contributed by atoms with Gasteiger partial charge in [-0.15, -0.1) is 0 Å². The molecule has 200 valence electrons. The van der Waals surface area contributed by atoms with Crippen LogP contribution < -0.4 is 11.1 Å². The first-order valence-electron chi connectivity index (χ1n) is 14.2.